The average Bonchev–Trinajstić information content (AvgIpc) is 2.67. The van der Waals surface area contributed by atoms with E-state index in [4.69, 9.17) is 23.2 Å². The second-order valence-electron chi connectivity index (χ2n) is 6.07. The molecular weight excluding hydrogens is 385 g/mol. The third-order valence-electron chi connectivity index (χ3n) is 4.03. The minimum Gasteiger partial charge on any atom is -0.306 e. The van der Waals surface area contributed by atoms with Gasteiger partial charge >= 0.3 is 0 Å². The Bertz CT molecular complexity index is 1020. The Kier molecular flexibility index (Phi) is 5.94. The van der Waals surface area contributed by atoms with E-state index >= 15 is 0 Å². The summed E-state index contributed by atoms with van der Waals surface area (Å²) in [6.07, 6.45) is 1.26. The number of anilines is 1. The minimum absolute atomic E-state index is 0.0604. The zero-order chi connectivity index (χ0) is 19.4. The molecule has 2 aromatic carbocycles. The first kappa shape index (κ1) is 19.1. The van der Waals surface area contributed by atoms with Crippen LogP contribution in [0.5, 0.6) is 0 Å². The molecule has 0 spiro atoms. The minimum atomic E-state index is -0.596. The molecule has 0 radical (unpaired) electrons. The molecule has 0 unspecified atom stereocenters. The van der Waals surface area contributed by atoms with Gasteiger partial charge in [0.05, 0.1) is 17.8 Å². The lowest BCUT2D eigenvalue weighted by molar-refractivity contribution is -0.119. The number of aryl methyl sites for hydroxylation is 1. The first-order valence-electron chi connectivity index (χ1n) is 8.28. The van der Waals surface area contributed by atoms with E-state index in [1.54, 1.807) is 4.90 Å². The van der Waals surface area contributed by atoms with Crippen molar-refractivity contribution < 1.29 is 4.79 Å². The highest BCUT2D eigenvalue weighted by Gasteiger charge is 2.19. The molecule has 5 nitrogen and oxygen atoms in total. The number of rotatable bonds is 5. The van der Waals surface area contributed by atoms with E-state index in [1.807, 2.05) is 61.5 Å². The van der Waals surface area contributed by atoms with Crippen molar-refractivity contribution >= 4 is 34.8 Å². The quantitative estimate of drug-likeness (QED) is 0.646. The largest absolute Gasteiger partial charge is 0.306 e. The number of hydrogen-bond donors (Lipinski definition) is 0. The highest BCUT2D eigenvalue weighted by molar-refractivity contribution is 6.41. The molecular formula is C20H17Cl2N3O2. The van der Waals surface area contributed by atoms with Crippen molar-refractivity contribution in [2.45, 2.75) is 20.0 Å². The number of amides is 1. The number of aromatic nitrogens is 2. The lowest BCUT2D eigenvalue weighted by Gasteiger charge is -2.23. The van der Waals surface area contributed by atoms with Crippen LogP contribution in [0.15, 0.2) is 65.6 Å². The first-order valence-corrected chi connectivity index (χ1v) is 9.03. The maximum absolute atomic E-state index is 13.0. The highest BCUT2D eigenvalue weighted by Crippen LogP contribution is 2.20. The maximum Gasteiger partial charge on any atom is 0.287 e. The Morgan fingerprint density at radius 3 is 2.56 bits per heavy atom. The third kappa shape index (κ3) is 4.56. The third-order valence-corrected chi connectivity index (χ3v) is 4.77. The van der Waals surface area contributed by atoms with E-state index in [1.165, 1.54) is 6.20 Å². The summed E-state index contributed by atoms with van der Waals surface area (Å²) in [5.41, 5.74) is 2.16. The number of hydrogen-bond acceptors (Lipinski definition) is 3. The molecule has 3 aromatic rings. The molecule has 1 amide bonds. The standard InChI is InChI=1S/C20H17Cl2N3O2/c1-14-6-5-9-16(10-14)24(12-15-7-3-2-4-8-15)18(26)13-25-20(27)19(22)17(21)11-23-25/h2-11H,12-13H2,1H3. The van der Waals surface area contributed by atoms with Crippen LogP contribution in [0.1, 0.15) is 11.1 Å². The summed E-state index contributed by atoms with van der Waals surface area (Å²) in [5, 5.41) is 3.83. The molecule has 1 aromatic heterocycles. The monoisotopic (exact) mass is 401 g/mol. The number of carbonyl (C=O) groups excluding carboxylic acids is 1. The lowest BCUT2D eigenvalue weighted by atomic mass is 10.1. The van der Waals surface area contributed by atoms with Gasteiger partial charge in [0.2, 0.25) is 5.91 Å². The molecule has 0 aliphatic carbocycles. The van der Waals surface area contributed by atoms with Crippen molar-refractivity contribution in [3.8, 4) is 0 Å². The van der Waals surface area contributed by atoms with E-state index in [9.17, 15) is 9.59 Å². The Morgan fingerprint density at radius 1 is 1.11 bits per heavy atom. The fraction of sp³-hybridized carbons (Fsp3) is 0.150. The van der Waals surface area contributed by atoms with E-state index in [-0.39, 0.29) is 22.5 Å². The highest BCUT2D eigenvalue weighted by atomic mass is 35.5. The zero-order valence-corrected chi connectivity index (χ0v) is 16.1. The smallest absolute Gasteiger partial charge is 0.287 e. The number of carbonyl (C=O) groups is 1. The molecule has 0 aliphatic heterocycles. The zero-order valence-electron chi connectivity index (χ0n) is 14.6. The summed E-state index contributed by atoms with van der Waals surface area (Å²) >= 11 is 11.7. The average molecular weight is 402 g/mol. The van der Waals surface area contributed by atoms with E-state index < -0.39 is 5.56 Å². The number of halogens is 2. The van der Waals surface area contributed by atoms with Crippen LogP contribution < -0.4 is 10.5 Å². The Balaban J connectivity index is 1.93. The van der Waals surface area contributed by atoms with E-state index in [2.05, 4.69) is 5.10 Å². The first-order chi connectivity index (χ1) is 13.0. The summed E-state index contributed by atoms with van der Waals surface area (Å²) < 4.78 is 1.02. The van der Waals surface area contributed by atoms with Crippen LogP contribution in [0.2, 0.25) is 10.0 Å². The molecule has 0 N–H and O–H groups in total. The van der Waals surface area contributed by atoms with Gasteiger partial charge in [-0.05, 0) is 30.2 Å². The second kappa shape index (κ2) is 8.37. The summed E-state index contributed by atoms with van der Waals surface area (Å²) in [6.45, 7) is 2.09. The molecule has 138 valence electrons. The van der Waals surface area contributed by atoms with Crippen molar-refractivity contribution in [1.29, 1.82) is 0 Å². The van der Waals surface area contributed by atoms with Gasteiger partial charge in [0.1, 0.15) is 11.6 Å². The van der Waals surface area contributed by atoms with Crippen LogP contribution in [0.3, 0.4) is 0 Å². The number of benzene rings is 2. The van der Waals surface area contributed by atoms with Gasteiger partial charge in [-0.15, -0.1) is 0 Å². The van der Waals surface area contributed by atoms with Gasteiger partial charge < -0.3 is 4.90 Å². The SMILES string of the molecule is Cc1cccc(N(Cc2ccccc2)C(=O)Cn2ncc(Cl)c(Cl)c2=O)c1. The van der Waals surface area contributed by atoms with Crippen LogP contribution in [0.4, 0.5) is 5.69 Å². The van der Waals surface area contributed by atoms with Crippen LogP contribution in [-0.4, -0.2) is 15.7 Å². The van der Waals surface area contributed by atoms with Gasteiger partial charge in [-0.3, -0.25) is 9.59 Å². The molecule has 0 atom stereocenters. The van der Waals surface area contributed by atoms with Gasteiger partial charge in [0.25, 0.3) is 5.56 Å². The van der Waals surface area contributed by atoms with E-state index in [0.29, 0.717) is 6.54 Å². The van der Waals surface area contributed by atoms with Crippen molar-refractivity contribution in [3.63, 3.8) is 0 Å². The molecule has 0 saturated heterocycles. The molecule has 0 fully saturated rings. The lowest BCUT2D eigenvalue weighted by Crippen LogP contribution is -2.37. The van der Waals surface area contributed by atoms with Gasteiger partial charge in [-0.2, -0.15) is 5.10 Å². The predicted octanol–water partition coefficient (Wildman–Crippen LogP) is 4.09. The van der Waals surface area contributed by atoms with Crippen LogP contribution in [0, 0.1) is 6.92 Å². The summed E-state index contributed by atoms with van der Waals surface area (Å²) in [6, 6.07) is 17.3. The normalized spacial score (nSPS) is 10.6. The summed E-state index contributed by atoms with van der Waals surface area (Å²) in [5.74, 6) is -0.280. The molecule has 1 heterocycles. The van der Waals surface area contributed by atoms with Crippen LogP contribution in [-0.2, 0) is 17.9 Å². The van der Waals surface area contributed by atoms with Gasteiger partial charge in [0.15, 0.2) is 0 Å². The van der Waals surface area contributed by atoms with E-state index in [0.717, 1.165) is 21.5 Å². The number of nitrogens with zero attached hydrogens (tertiary/aromatic N) is 3. The van der Waals surface area contributed by atoms with Crippen LogP contribution >= 0.6 is 23.2 Å². The topological polar surface area (TPSA) is 55.2 Å². The van der Waals surface area contributed by atoms with Gasteiger partial charge in [-0.25, -0.2) is 4.68 Å². The van der Waals surface area contributed by atoms with Gasteiger partial charge in [-0.1, -0.05) is 65.7 Å². The fourth-order valence-electron chi connectivity index (χ4n) is 2.66. The Morgan fingerprint density at radius 2 is 1.85 bits per heavy atom. The van der Waals surface area contributed by atoms with Crippen LogP contribution in [0.25, 0.3) is 0 Å². The second-order valence-corrected chi connectivity index (χ2v) is 6.86. The predicted molar refractivity (Wildman–Crippen MR) is 107 cm³/mol. The molecule has 3 rings (SSSR count). The molecule has 0 aliphatic rings. The molecule has 0 bridgehead atoms. The fourth-order valence-corrected chi connectivity index (χ4v) is 2.93. The summed E-state index contributed by atoms with van der Waals surface area (Å²) in [4.78, 5) is 26.9. The van der Waals surface area contributed by atoms with Gasteiger partial charge in [0, 0.05) is 5.69 Å². The van der Waals surface area contributed by atoms with Crippen molar-refractivity contribution in [3.05, 3.63) is 92.3 Å². The molecule has 0 saturated carbocycles. The Labute approximate surface area is 166 Å². The molecule has 27 heavy (non-hydrogen) atoms. The summed E-state index contributed by atoms with van der Waals surface area (Å²) in [7, 11) is 0. The van der Waals surface area contributed by atoms with Crippen molar-refractivity contribution in [2.24, 2.45) is 0 Å². The van der Waals surface area contributed by atoms with Crippen molar-refractivity contribution in [1.82, 2.24) is 9.78 Å². The molecule has 7 heteroatoms. The van der Waals surface area contributed by atoms with Crippen molar-refractivity contribution in [2.75, 3.05) is 4.90 Å². The Hall–Kier alpha value is -2.63. The maximum atomic E-state index is 13.0.